The highest BCUT2D eigenvalue weighted by Crippen LogP contribution is 2.76. The Bertz CT molecular complexity index is 797. The number of hydrogen-bond acceptors (Lipinski definition) is 6. The van der Waals surface area contributed by atoms with E-state index >= 15 is 0 Å². The number of fused-ring (bicyclic) bond motifs is 10. The Morgan fingerprint density at radius 3 is 1.11 bits per heavy atom. The quantitative estimate of drug-likeness (QED) is 0.357. The smallest absolute Gasteiger partial charge is 0.317 e. The molecular formula is C22H20O6. The van der Waals surface area contributed by atoms with E-state index in [1.807, 2.05) is 0 Å². The lowest BCUT2D eigenvalue weighted by Gasteiger charge is -2.58. The van der Waals surface area contributed by atoms with Crippen LogP contribution in [0, 0.1) is 82.9 Å². The molecule has 28 heavy (non-hydrogen) atoms. The molecule has 9 aliphatic rings. The summed E-state index contributed by atoms with van der Waals surface area (Å²) < 4.78 is 10.1. The van der Waals surface area contributed by atoms with Crippen LogP contribution in [-0.2, 0) is 28.7 Å². The minimum absolute atomic E-state index is 0.240. The van der Waals surface area contributed by atoms with Gasteiger partial charge in [-0.05, 0) is 72.0 Å². The second-order valence-electron chi connectivity index (χ2n) is 10.6. The number of carbonyl (C=O) groups excluding carboxylic acids is 4. The van der Waals surface area contributed by atoms with Crippen molar-refractivity contribution in [3.05, 3.63) is 12.2 Å². The Balaban J connectivity index is 1.24. The van der Waals surface area contributed by atoms with Crippen LogP contribution in [0.5, 0.6) is 0 Å². The molecule has 0 aromatic carbocycles. The number of hydrogen-bond donors (Lipinski definition) is 0. The van der Waals surface area contributed by atoms with E-state index in [1.165, 1.54) is 0 Å². The normalized spacial score (nSPS) is 63.4. The molecule has 0 aromatic rings. The number of esters is 4. The van der Waals surface area contributed by atoms with Gasteiger partial charge in [-0.1, -0.05) is 12.2 Å². The first-order valence-electron chi connectivity index (χ1n) is 10.8. The summed E-state index contributed by atoms with van der Waals surface area (Å²) in [5, 5.41) is 0. The molecule has 5 saturated carbocycles. The van der Waals surface area contributed by atoms with Crippen LogP contribution in [0.25, 0.3) is 0 Å². The van der Waals surface area contributed by atoms with Gasteiger partial charge in [-0.25, -0.2) is 0 Å². The molecule has 7 aliphatic carbocycles. The van der Waals surface area contributed by atoms with Gasteiger partial charge in [0.2, 0.25) is 0 Å². The molecule has 12 atom stereocenters. The Hall–Kier alpha value is -1.98. The molecule has 6 nitrogen and oxygen atoms in total. The van der Waals surface area contributed by atoms with Gasteiger partial charge in [0, 0.05) is 0 Å². The van der Waals surface area contributed by atoms with Crippen molar-refractivity contribution in [2.75, 3.05) is 0 Å². The van der Waals surface area contributed by atoms with Gasteiger partial charge in [-0.15, -0.1) is 0 Å². The molecule has 0 radical (unpaired) electrons. The van der Waals surface area contributed by atoms with Gasteiger partial charge in [0.15, 0.2) is 0 Å². The predicted octanol–water partition coefficient (Wildman–Crippen LogP) is 1.20. The summed E-state index contributed by atoms with van der Waals surface area (Å²) in [4.78, 5) is 49.4. The lowest BCUT2D eigenvalue weighted by molar-refractivity contribution is -0.156. The summed E-state index contributed by atoms with van der Waals surface area (Å²) in [6.07, 6.45) is 6.62. The lowest BCUT2D eigenvalue weighted by Crippen LogP contribution is -2.57. The standard InChI is InChI=1S/C22H20O6/c23-19-15-7-3-9(17(15)21(25)27-19)13-6-2-1-5(11(7)13)12-8-4-10(14(6)12)18-16(8)20(24)28-22(18)26/h1-2,5-18H,3-4H2. The Labute approximate surface area is 161 Å². The van der Waals surface area contributed by atoms with E-state index in [1.54, 1.807) is 0 Å². The minimum atomic E-state index is -0.305. The molecule has 0 aromatic heterocycles. The highest BCUT2D eigenvalue weighted by Gasteiger charge is 2.77. The Morgan fingerprint density at radius 1 is 0.536 bits per heavy atom. The summed E-state index contributed by atoms with van der Waals surface area (Å²) in [6, 6.07) is 0. The average Bonchev–Trinajstić information content (AvgIpc) is 3.47. The van der Waals surface area contributed by atoms with Crippen molar-refractivity contribution in [1.29, 1.82) is 0 Å². The van der Waals surface area contributed by atoms with Gasteiger partial charge in [0.1, 0.15) is 0 Å². The molecular weight excluding hydrogens is 360 g/mol. The summed E-state index contributed by atoms with van der Waals surface area (Å²) in [5.41, 5.74) is 0. The fourth-order valence-corrected chi connectivity index (χ4v) is 10.2. The maximum Gasteiger partial charge on any atom is 0.317 e. The number of ether oxygens (including phenoxy) is 2. The second kappa shape index (κ2) is 4.29. The van der Waals surface area contributed by atoms with E-state index in [-0.39, 0.29) is 71.2 Å². The van der Waals surface area contributed by atoms with Crippen LogP contribution in [0.2, 0.25) is 0 Å². The zero-order chi connectivity index (χ0) is 18.6. The SMILES string of the molecule is O=C1OC(=O)C2C3CC(C12)C1C2C=CC(C31)C1C3CC(C4C(=O)OC(=O)C34)C21. The van der Waals surface area contributed by atoms with Gasteiger partial charge in [0.05, 0.1) is 23.7 Å². The molecule has 0 amide bonds. The first-order chi connectivity index (χ1) is 13.6. The second-order valence-corrected chi connectivity index (χ2v) is 10.6. The zero-order valence-electron chi connectivity index (χ0n) is 15.1. The third-order valence-electron chi connectivity index (χ3n) is 10.4. The van der Waals surface area contributed by atoms with E-state index in [2.05, 4.69) is 12.2 Å². The molecule has 0 N–H and O–H groups in total. The van der Waals surface area contributed by atoms with Crippen molar-refractivity contribution in [1.82, 2.24) is 0 Å². The van der Waals surface area contributed by atoms with Crippen molar-refractivity contribution >= 4 is 23.9 Å². The van der Waals surface area contributed by atoms with E-state index in [0.29, 0.717) is 35.5 Å². The van der Waals surface area contributed by atoms with Gasteiger partial charge < -0.3 is 9.47 Å². The molecule has 2 saturated heterocycles. The first-order valence-corrected chi connectivity index (χ1v) is 10.8. The van der Waals surface area contributed by atoms with E-state index in [9.17, 15) is 19.2 Å². The summed E-state index contributed by atoms with van der Waals surface area (Å²) >= 11 is 0. The number of cyclic esters (lactones) is 4. The van der Waals surface area contributed by atoms with Crippen LogP contribution < -0.4 is 0 Å². The third kappa shape index (κ3) is 1.30. The van der Waals surface area contributed by atoms with Gasteiger partial charge in [-0.2, -0.15) is 0 Å². The van der Waals surface area contributed by atoms with Crippen LogP contribution in [0.3, 0.4) is 0 Å². The summed E-state index contributed by atoms with van der Waals surface area (Å²) in [6.45, 7) is 0. The summed E-state index contributed by atoms with van der Waals surface area (Å²) in [7, 11) is 0. The molecule has 0 spiro atoms. The van der Waals surface area contributed by atoms with Crippen molar-refractivity contribution in [2.24, 2.45) is 82.9 Å². The molecule has 6 heteroatoms. The largest absolute Gasteiger partial charge is 0.393 e. The lowest BCUT2D eigenvalue weighted by atomic mass is 9.44. The van der Waals surface area contributed by atoms with Gasteiger partial charge in [0.25, 0.3) is 0 Å². The van der Waals surface area contributed by atoms with Crippen LogP contribution in [0.1, 0.15) is 12.8 Å². The maximum atomic E-state index is 12.4. The van der Waals surface area contributed by atoms with Crippen molar-refractivity contribution in [3.8, 4) is 0 Å². The molecule has 7 fully saturated rings. The van der Waals surface area contributed by atoms with E-state index in [4.69, 9.17) is 9.47 Å². The molecule has 2 heterocycles. The highest BCUT2D eigenvalue weighted by atomic mass is 16.6. The molecule has 12 unspecified atom stereocenters. The highest BCUT2D eigenvalue weighted by molar-refractivity contribution is 5.98. The molecule has 9 rings (SSSR count). The maximum absolute atomic E-state index is 12.4. The monoisotopic (exact) mass is 380 g/mol. The first kappa shape index (κ1) is 14.9. The van der Waals surface area contributed by atoms with E-state index in [0.717, 1.165) is 12.8 Å². The predicted molar refractivity (Wildman–Crippen MR) is 89.4 cm³/mol. The van der Waals surface area contributed by atoms with Crippen LogP contribution >= 0.6 is 0 Å². The van der Waals surface area contributed by atoms with Crippen molar-refractivity contribution in [2.45, 2.75) is 12.8 Å². The fourth-order valence-electron chi connectivity index (χ4n) is 10.2. The molecule has 2 aliphatic heterocycles. The topological polar surface area (TPSA) is 86.7 Å². The molecule has 6 bridgehead atoms. The van der Waals surface area contributed by atoms with Crippen LogP contribution in [0.15, 0.2) is 12.2 Å². The third-order valence-corrected chi connectivity index (χ3v) is 10.4. The average molecular weight is 380 g/mol. The number of carbonyl (C=O) groups is 4. The number of allylic oxidation sites excluding steroid dienone is 2. The van der Waals surface area contributed by atoms with Gasteiger partial charge in [-0.3, -0.25) is 19.2 Å². The fraction of sp³-hybridized carbons (Fsp3) is 0.727. The van der Waals surface area contributed by atoms with Crippen molar-refractivity contribution in [3.63, 3.8) is 0 Å². The van der Waals surface area contributed by atoms with Crippen molar-refractivity contribution < 1.29 is 28.7 Å². The van der Waals surface area contributed by atoms with Gasteiger partial charge >= 0.3 is 23.9 Å². The Morgan fingerprint density at radius 2 is 0.821 bits per heavy atom. The summed E-state index contributed by atoms with van der Waals surface area (Å²) in [5.74, 6) is 1.19. The number of rotatable bonds is 0. The molecule has 144 valence electrons. The van der Waals surface area contributed by atoms with Crippen LogP contribution in [0.4, 0.5) is 0 Å². The minimum Gasteiger partial charge on any atom is -0.393 e. The van der Waals surface area contributed by atoms with Crippen LogP contribution in [-0.4, -0.2) is 23.9 Å². The zero-order valence-corrected chi connectivity index (χ0v) is 15.1. The van der Waals surface area contributed by atoms with E-state index < -0.39 is 0 Å². The Kier molecular flexibility index (Phi) is 2.29.